The van der Waals surface area contributed by atoms with Crippen LogP contribution in [0.15, 0.2) is 12.1 Å². The van der Waals surface area contributed by atoms with Crippen molar-refractivity contribution >= 4 is 5.91 Å². The molecule has 1 fully saturated rings. The Hall–Kier alpha value is -1.33. The maximum atomic E-state index is 11.9. The molecule has 0 saturated carbocycles. The second-order valence-corrected chi connectivity index (χ2v) is 5.15. The van der Waals surface area contributed by atoms with Gasteiger partial charge in [0.25, 0.3) is 5.91 Å². The van der Waals surface area contributed by atoms with Crippen molar-refractivity contribution in [3.63, 3.8) is 0 Å². The molecule has 0 spiro atoms. The van der Waals surface area contributed by atoms with Gasteiger partial charge >= 0.3 is 0 Å². The lowest BCUT2D eigenvalue weighted by Crippen LogP contribution is -2.44. The first-order valence-corrected chi connectivity index (χ1v) is 6.39. The molecule has 1 amide bonds. The van der Waals surface area contributed by atoms with E-state index in [1.807, 2.05) is 20.0 Å². The quantitative estimate of drug-likeness (QED) is 0.724. The maximum absolute atomic E-state index is 11.9. The van der Waals surface area contributed by atoms with Crippen molar-refractivity contribution < 1.29 is 9.90 Å². The van der Waals surface area contributed by atoms with E-state index >= 15 is 0 Å². The third kappa shape index (κ3) is 2.91. The Morgan fingerprint density at radius 1 is 1.61 bits per heavy atom. The van der Waals surface area contributed by atoms with E-state index in [4.69, 9.17) is 0 Å². The van der Waals surface area contributed by atoms with E-state index in [1.54, 1.807) is 6.07 Å². The van der Waals surface area contributed by atoms with E-state index in [2.05, 4.69) is 15.2 Å². The minimum atomic E-state index is -0.787. The SMILES string of the molecule is CCc1ccc(C(=O)NCC2(O)CCN(C)C2)[nH]1. The normalized spacial score (nSPS) is 24.4. The molecule has 2 heterocycles. The number of hydrogen-bond acceptors (Lipinski definition) is 3. The number of nitrogens with one attached hydrogen (secondary N) is 2. The molecule has 3 N–H and O–H groups in total. The number of H-pyrrole nitrogens is 1. The van der Waals surface area contributed by atoms with Gasteiger partial charge in [0.15, 0.2) is 0 Å². The first-order chi connectivity index (χ1) is 8.52. The number of aromatic nitrogens is 1. The second-order valence-electron chi connectivity index (χ2n) is 5.15. The fourth-order valence-corrected chi connectivity index (χ4v) is 2.32. The molecule has 1 aliphatic rings. The van der Waals surface area contributed by atoms with Crippen LogP contribution < -0.4 is 5.32 Å². The van der Waals surface area contributed by atoms with Gasteiger partial charge in [-0.2, -0.15) is 0 Å². The molecule has 1 unspecified atom stereocenters. The summed E-state index contributed by atoms with van der Waals surface area (Å²) in [5.74, 6) is -0.155. The Morgan fingerprint density at radius 2 is 2.39 bits per heavy atom. The van der Waals surface area contributed by atoms with Crippen molar-refractivity contribution in [3.8, 4) is 0 Å². The van der Waals surface area contributed by atoms with Crippen LogP contribution in [0.1, 0.15) is 29.5 Å². The molecule has 1 aromatic heterocycles. The van der Waals surface area contributed by atoms with Crippen LogP contribution in [0, 0.1) is 0 Å². The van der Waals surface area contributed by atoms with Crippen molar-refractivity contribution in [2.75, 3.05) is 26.7 Å². The molecule has 1 atom stereocenters. The number of rotatable bonds is 4. The molecule has 1 aliphatic heterocycles. The molecule has 0 aromatic carbocycles. The molecular weight excluding hydrogens is 230 g/mol. The van der Waals surface area contributed by atoms with Crippen LogP contribution >= 0.6 is 0 Å². The van der Waals surface area contributed by atoms with Gasteiger partial charge in [-0.3, -0.25) is 4.79 Å². The van der Waals surface area contributed by atoms with Crippen LogP contribution in [0.3, 0.4) is 0 Å². The Bertz CT molecular complexity index is 430. The molecule has 5 nitrogen and oxygen atoms in total. The molecular formula is C13H21N3O2. The number of aliphatic hydroxyl groups is 1. The van der Waals surface area contributed by atoms with Gasteiger partial charge in [0, 0.05) is 25.3 Å². The third-order valence-electron chi connectivity index (χ3n) is 3.47. The number of likely N-dealkylation sites (tertiary alicyclic amines) is 1. The predicted molar refractivity (Wildman–Crippen MR) is 69.6 cm³/mol. The van der Waals surface area contributed by atoms with Crippen LogP contribution in [0.25, 0.3) is 0 Å². The number of carbonyl (C=O) groups is 1. The zero-order valence-corrected chi connectivity index (χ0v) is 11.0. The fourth-order valence-electron chi connectivity index (χ4n) is 2.32. The number of likely N-dealkylation sites (N-methyl/N-ethyl adjacent to an activating group) is 1. The van der Waals surface area contributed by atoms with Gasteiger partial charge in [0.2, 0.25) is 0 Å². The first kappa shape index (κ1) is 13.1. The Labute approximate surface area is 107 Å². The van der Waals surface area contributed by atoms with Crippen LogP contribution in [-0.2, 0) is 6.42 Å². The van der Waals surface area contributed by atoms with Crippen LogP contribution in [0.5, 0.6) is 0 Å². The van der Waals surface area contributed by atoms with Gasteiger partial charge in [0.05, 0.1) is 5.60 Å². The lowest BCUT2D eigenvalue weighted by molar-refractivity contribution is 0.0484. The Kier molecular flexibility index (Phi) is 3.73. The molecule has 5 heteroatoms. The molecule has 18 heavy (non-hydrogen) atoms. The molecule has 0 bridgehead atoms. The van der Waals surface area contributed by atoms with E-state index in [0.29, 0.717) is 25.2 Å². The van der Waals surface area contributed by atoms with Gasteiger partial charge in [-0.15, -0.1) is 0 Å². The van der Waals surface area contributed by atoms with Gasteiger partial charge < -0.3 is 20.3 Å². The van der Waals surface area contributed by atoms with Crippen molar-refractivity contribution in [2.24, 2.45) is 0 Å². The van der Waals surface area contributed by atoms with E-state index < -0.39 is 5.60 Å². The average molecular weight is 251 g/mol. The predicted octanol–water partition coefficient (Wildman–Crippen LogP) is 0.373. The van der Waals surface area contributed by atoms with Gasteiger partial charge in [-0.25, -0.2) is 0 Å². The molecule has 1 aromatic rings. The summed E-state index contributed by atoms with van der Waals surface area (Å²) in [5, 5.41) is 13.0. The van der Waals surface area contributed by atoms with Crippen molar-refractivity contribution in [1.82, 2.24) is 15.2 Å². The molecule has 100 valence electrons. The zero-order chi connectivity index (χ0) is 13.2. The largest absolute Gasteiger partial charge is 0.387 e. The van der Waals surface area contributed by atoms with Crippen LogP contribution in [-0.4, -0.2) is 53.2 Å². The van der Waals surface area contributed by atoms with Crippen molar-refractivity contribution in [3.05, 3.63) is 23.5 Å². The van der Waals surface area contributed by atoms with E-state index in [-0.39, 0.29) is 5.91 Å². The van der Waals surface area contributed by atoms with Gasteiger partial charge in [0.1, 0.15) is 5.69 Å². The van der Waals surface area contributed by atoms with E-state index in [0.717, 1.165) is 18.7 Å². The summed E-state index contributed by atoms with van der Waals surface area (Å²) >= 11 is 0. The van der Waals surface area contributed by atoms with Gasteiger partial charge in [-0.05, 0) is 32.0 Å². The minimum absolute atomic E-state index is 0.155. The topological polar surface area (TPSA) is 68.4 Å². The van der Waals surface area contributed by atoms with E-state index in [1.165, 1.54) is 0 Å². The molecule has 1 saturated heterocycles. The lowest BCUT2D eigenvalue weighted by atomic mass is 10.0. The molecule has 2 rings (SSSR count). The standard InChI is InChI=1S/C13H21N3O2/c1-3-10-4-5-11(15-10)12(17)14-8-13(18)6-7-16(2)9-13/h4-5,15,18H,3,6-9H2,1-2H3,(H,14,17). The first-order valence-electron chi connectivity index (χ1n) is 6.39. The Balaban J connectivity index is 1.88. The monoisotopic (exact) mass is 251 g/mol. The minimum Gasteiger partial charge on any atom is -0.387 e. The maximum Gasteiger partial charge on any atom is 0.267 e. The number of nitrogens with zero attached hydrogens (tertiary/aromatic N) is 1. The smallest absolute Gasteiger partial charge is 0.267 e. The number of carbonyl (C=O) groups excluding carboxylic acids is 1. The number of amides is 1. The summed E-state index contributed by atoms with van der Waals surface area (Å²) in [5.41, 5.74) is 0.811. The molecule has 0 radical (unpaired) electrons. The summed E-state index contributed by atoms with van der Waals surface area (Å²) in [6, 6.07) is 3.69. The number of hydrogen-bond donors (Lipinski definition) is 3. The summed E-state index contributed by atoms with van der Waals surface area (Å²) in [6.45, 7) is 3.81. The Morgan fingerprint density at radius 3 is 2.94 bits per heavy atom. The number of aryl methyl sites for hydroxylation is 1. The summed E-state index contributed by atoms with van der Waals surface area (Å²) in [4.78, 5) is 17.0. The highest BCUT2D eigenvalue weighted by molar-refractivity contribution is 5.92. The summed E-state index contributed by atoms with van der Waals surface area (Å²) in [6.07, 6.45) is 1.58. The highest BCUT2D eigenvalue weighted by Gasteiger charge is 2.34. The number of β-amino-alcohol motifs (C(OH)–C–C–N with tert-alkyl or cyclic N) is 1. The van der Waals surface area contributed by atoms with E-state index in [9.17, 15) is 9.90 Å². The lowest BCUT2D eigenvalue weighted by Gasteiger charge is -2.22. The fraction of sp³-hybridized carbons (Fsp3) is 0.615. The average Bonchev–Trinajstić information content (AvgIpc) is 2.94. The second kappa shape index (κ2) is 5.12. The highest BCUT2D eigenvalue weighted by Crippen LogP contribution is 2.18. The molecule has 0 aliphatic carbocycles. The summed E-state index contributed by atoms with van der Waals surface area (Å²) < 4.78 is 0. The van der Waals surface area contributed by atoms with Crippen molar-refractivity contribution in [1.29, 1.82) is 0 Å². The van der Waals surface area contributed by atoms with Crippen molar-refractivity contribution in [2.45, 2.75) is 25.4 Å². The highest BCUT2D eigenvalue weighted by atomic mass is 16.3. The number of aromatic amines is 1. The van der Waals surface area contributed by atoms with Crippen LogP contribution in [0.4, 0.5) is 0 Å². The third-order valence-corrected chi connectivity index (χ3v) is 3.47. The van der Waals surface area contributed by atoms with Crippen LogP contribution in [0.2, 0.25) is 0 Å². The zero-order valence-electron chi connectivity index (χ0n) is 11.0. The van der Waals surface area contributed by atoms with Gasteiger partial charge in [-0.1, -0.05) is 6.92 Å². The summed E-state index contributed by atoms with van der Waals surface area (Å²) in [7, 11) is 1.97.